The molecule has 27 heavy (non-hydrogen) atoms. The van der Waals surface area contributed by atoms with Gasteiger partial charge in [0.05, 0.1) is 5.56 Å². The first-order chi connectivity index (χ1) is 13.3. The van der Waals surface area contributed by atoms with Gasteiger partial charge in [0.2, 0.25) is 0 Å². The van der Waals surface area contributed by atoms with E-state index in [0.29, 0.717) is 17.9 Å². The molecule has 3 aromatic rings. The Labute approximate surface area is 172 Å². The van der Waals surface area contributed by atoms with Crippen LogP contribution in [0.15, 0.2) is 59.1 Å². The van der Waals surface area contributed by atoms with Gasteiger partial charge >= 0.3 is 0 Å². The highest BCUT2D eigenvalue weighted by atomic mass is 127. The van der Waals surface area contributed by atoms with Crippen molar-refractivity contribution >= 4 is 22.6 Å². The van der Waals surface area contributed by atoms with E-state index in [9.17, 15) is 0 Å². The minimum atomic E-state index is 0.0335. The maximum absolute atomic E-state index is 5.63. The Balaban J connectivity index is 1.29. The molecular formula is C22H22IN3O. The lowest BCUT2D eigenvalue weighted by atomic mass is 9.68. The molecule has 138 valence electrons. The summed E-state index contributed by atoms with van der Waals surface area (Å²) in [5, 5.41) is 8.16. The van der Waals surface area contributed by atoms with Crippen molar-refractivity contribution in [2.24, 2.45) is 0 Å². The first kappa shape index (κ1) is 17.4. The molecule has 5 rings (SSSR count). The second-order valence-corrected chi connectivity index (χ2v) is 8.94. The van der Waals surface area contributed by atoms with Gasteiger partial charge in [-0.25, -0.2) is 0 Å². The summed E-state index contributed by atoms with van der Waals surface area (Å²) in [5.74, 6) is 2.15. The van der Waals surface area contributed by atoms with Crippen molar-refractivity contribution in [1.82, 2.24) is 15.5 Å². The Morgan fingerprint density at radius 1 is 1.07 bits per heavy atom. The van der Waals surface area contributed by atoms with Crippen molar-refractivity contribution < 1.29 is 4.52 Å². The van der Waals surface area contributed by atoms with Crippen LogP contribution in [-0.2, 0) is 5.41 Å². The van der Waals surface area contributed by atoms with Gasteiger partial charge in [-0.3, -0.25) is 0 Å². The van der Waals surface area contributed by atoms with Crippen LogP contribution in [0.3, 0.4) is 0 Å². The molecule has 4 nitrogen and oxygen atoms in total. The molecule has 1 aromatic heterocycles. The van der Waals surface area contributed by atoms with E-state index in [0.717, 1.165) is 34.3 Å². The molecule has 2 aliphatic rings. The fourth-order valence-corrected chi connectivity index (χ4v) is 4.70. The molecular weight excluding hydrogens is 449 g/mol. The summed E-state index contributed by atoms with van der Waals surface area (Å²) in [6.45, 7) is 0.936. The van der Waals surface area contributed by atoms with Crippen molar-refractivity contribution in [3.05, 3.63) is 69.6 Å². The smallest absolute Gasteiger partial charge is 0.259 e. The summed E-state index contributed by atoms with van der Waals surface area (Å²) < 4.78 is 6.77. The Bertz CT molecular complexity index is 935. The van der Waals surface area contributed by atoms with Crippen molar-refractivity contribution in [3.8, 4) is 11.5 Å². The average molecular weight is 471 g/mol. The van der Waals surface area contributed by atoms with Crippen LogP contribution >= 0.6 is 22.6 Å². The monoisotopic (exact) mass is 471 g/mol. The zero-order valence-corrected chi connectivity index (χ0v) is 17.2. The lowest BCUT2D eigenvalue weighted by Gasteiger charge is -2.39. The van der Waals surface area contributed by atoms with Crippen LogP contribution in [0.1, 0.15) is 43.0 Å². The number of nitrogens with zero attached hydrogens (tertiary/aromatic N) is 2. The highest BCUT2D eigenvalue weighted by molar-refractivity contribution is 14.1. The van der Waals surface area contributed by atoms with Gasteiger partial charge in [0.1, 0.15) is 0 Å². The minimum Gasteiger partial charge on any atom is -0.334 e. The topological polar surface area (TPSA) is 51.0 Å². The van der Waals surface area contributed by atoms with Crippen LogP contribution in [0.5, 0.6) is 0 Å². The van der Waals surface area contributed by atoms with E-state index in [2.05, 4.69) is 69.5 Å². The number of hydrogen-bond donors (Lipinski definition) is 1. The zero-order valence-electron chi connectivity index (χ0n) is 15.1. The molecule has 2 aromatic carbocycles. The maximum Gasteiger partial charge on any atom is 0.259 e. The number of nitrogens with one attached hydrogen (secondary N) is 1. The predicted molar refractivity (Wildman–Crippen MR) is 114 cm³/mol. The molecule has 0 bridgehead atoms. The molecule has 2 aliphatic carbocycles. The summed E-state index contributed by atoms with van der Waals surface area (Å²) in [4.78, 5) is 4.79. The molecule has 0 radical (unpaired) electrons. The van der Waals surface area contributed by atoms with Gasteiger partial charge in [0.15, 0.2) is 5.82 Å². The third kappa shape index (κ3) is 3.31. The van der Waals surface area contributed by atoms with Crippen molar-refractivity contribution in [2.75, 3.05) is 6.54 Å². The van der Waals surface area contributed by atoms with Crippen molar-refractivity contribution in [2.45, 2.75) is 43.1 Å². The van der Waals surface area contributed by atoms with Gasteiger partial charge in [-0.2, -0.15) is 4.98 Å². The van der Waals surface area contributed by atoms with E-state index in [1.807, 2.05) is 18.2 Å². The Kier molecular flexibility index (Phi) is 4.52. The van der Waals surface area contributed by atoms with Gasteiger partial charge in [-0.1, -0.05) is 54.0 Å². The Hall–Kier alpha value is -1.73. The standard InChI is InChI=1S/C22H22IN3O/c23-18-10-5-4-9-16(18)20-25-21(26-27-20)22(11-6-12-22)14-24-19-13-17(19)15-7-2-1-3-8-15/h1-5,7-10,17,19,24H,6,11-14H2/t17?,19-/m0/s1. The summed E-state index contributed by atoms with van der Waals surface area (Å²) in [7, 11) is 0. The van der Waals surface area contributed by atoms with Crippen molar-refractivity contribution in [1.29, 1.82) is 0 Å². The van der Waals surface area contributed by atoms with Crippen LogP contribution in [0.2, 0.25) is 0 Å². The van der Waals surface area contributed by atoms with Crippen LogP contribution in [0, 0.1) is 3.57 Å². The van der Waals surface area contributed by atoms with Gasteiger partial charge in [0, 0.05) is 27.5 Å². The van der Waals surface area contributed by atoms with Gasteiger partial charge < -0.3 is 9.84 Å². The third-order valence-corrected chi connectivity index (χ3v) is 6.98. The number of hydrogen-bond acceptors (Lipinski definition) is 4. The van der Waals surface area contributed by atoms with Crippen LogP contribution in [-0.4, -0.2) is 22.7 Å². The summed E-state index contributed by atoms with van der Waals surface area (Å²) in [6.07, 6.45) is 4.72. The molecule has 1 N–H and O–H groups in total. The second kappa shape index (κ2) is 7.02. The summed E-state index contributed by atoms with van der Waals surface area (Å²) in [6, 6.07) is 19.5. The maximum atomic E-state index is 5.63. The van der Waals surface area contributed by atoms with Crippen LogP contribution in [0.4, 0.5) is 0 Å². The van der Waals surface area contributed by atoms with Crippen LogP contribution < -0.4 is 5.32 Å². The quantitative estimate of drug-likeness (QED) is 0.520. The van der Waals surface area contributed by atoms with E-state index in [1.165, 1.54) is 18.4 Å². The number of benzene rings is 2. The van der Waals surface area contributed by atoms with E-state index < -0.39 is 0 Å². The molecule has 0 spiro atoms. The first-order valence-electron chi connectivity index (χ1n) is 9.63. The van der Waals surface area contributed by atoms with E-state index in [4.69, 9.17) is 9.51 Å². The molecule has 2 saturated carbocycles. The highest BCUT2D eigenvalue weighted by Crippen LogP contribution is 2.45. The zero-order chi connectivity index (χ0) is 18.3. The number of rotatable bonds is 6. The average Bonchev–Trinajstić information content (AvgIpc) is 3.28. The van der Waals surface area contributed by atoms with Gasteiger partial charge in [-0.15, -0.1) is 0 Å². The normalized spacial score (nSPS) is 23.0. The Morgan fingerprint density at radius 3 is 2.59 bits per heavy atom. The van der Waals surface area contributed by atoms with Gasteiger partial charge in [-0.05, 0) is 59.5 Å². The summed E-state index contributed by atoms with van der Waals surface area (Å²) in [5.41, 5.74) is 2.50. The van der Waals surface area contributed by atoms with E-state index in [-0.39, 0.29) is 5.41 Å². The van der Waals surface area contributed by atoms with Crippen LogP contribution in [0.25, 0.3) is 11.5 Å². The van der Waals surface area contributed by atoms with Crippen molar-refractivity contribution in [3.63, 3.8) is 0 Å². The molecule has 0 aliphatic heterocycles. The second-order valence-electron chi connectivity index (χ2n) is 7.78. The number of aromatic nitrogens is 2. The Morgan fingerprint density at radius 2 is 1.85 bits per heavy atom. The third-order valence-electron chi connectivity index (χ3n) is 6.04. The molecule has 1 heterocycles. The molecule has 1 unspecified atom stereocenters. The van der Waals surface area contributed by atoms with E-state index in [1.54, 1.807) is 0 Å². The lowest BCUT2D eigenvalue weighted by molar-refractivity contribution is 0.211. The van der Waals surface area contributed by atoms with E-state index >= 15 is 0 Å². The highest BCUT2D eigenvalue weighted by Gasteiger charge is 2.46. The largest absolute Gasteiger partial charge is 0.334 e. The molecule has 2 atom stereocenters. The molecule has 2 fully saturated rings. The summed E-state index contributed by atoms with van der Waals surface area (Å²) >= 11 is 2.32. The number of halogens is 1. The molecule has 0 saturated heterocycles. The minimum absolute atomic E-state index is 0.0335. The molecule has 5 heteroatoms. The fourth-order valence-electron chi connectivity index (χ4n) is 4.08. The first-order valence-corrected chi connectivity index (χ1v) is 10.7. The lowest BCUT2D eigenvalue weighted by Crippen LogP contribution is -2.45. The SMILES string of the molecule is Ic1ccccc1-c1nc(C2(CN[C@H]3CC3c3ccccc3)CCC2)no1. The van der Waals surface area contributed by atoms with Gasteiger partial charge in [0.25, 0.3) is 5.89 Å². The molecule has 0 amide bonds. The predicted octanol–water partition coefficient (Wildman–Crippen LogP) is 4.91. The fraction of sp³-hybridized carbons (Fsp3) is 0.364.